The molecule has 1 unspecified atom stereocenters. The fourth-order valence-corrected chi connectivity index (χ4v) is 6.79. The highest BCUT2D eigenvalue weighted by Gasteiger charge is 2.36. The maximum atomic E-state index is 14.2. The van der Waals surface area contributed by atoms with Crippen molar-refractivity contribution in [3.8, 4) is 0 Å². The normalized spacial score (nSPS) is 15.5. The minimum Gasteiger partial charge on any atom is -0.341 e. The monoisotopic (exact) mass is 538 g/mol. The molecular weight excluding hydrogens is 508 g/mol. The highest BCUT2D eigenvalue weighted by Crippen LogP contribution is 2.37. The molecule has 3 heterocycles. The zero-order chi connectivity index (χ0) is 26.7. The molecule has 9 heteroatoms. The standard InChI is InChI=1S/C30H30N6O2S/c37-39(38,25-15-13-22(14-16-25)19-31-20-24-9-3-4-17-32-24)36(21-29-34-26-10-1-2-11-27(26)35-29)28-12-5-7-23-8-6-18-33-30(23)28/h1-4,6,8-11,13-18,28,31H,5,7,12,19-21H2,(H,34,35). The van der Waals surface area contributed by atoms with Gasteiger partial charge in [0.2, 0.25) is 10.0 Å². The van der Waals surface area contributed by atoms with Crippen LogP contribution in [0.4, 0.5) is 0 Å². The van der Waals surface area contributed by atoms with Gasteiger partial charge in [-0.25, -0.2) is 13.4 Å². The number of para-hydroxylation sites is 2. The molecule has 2 aromatic carbocycles. The van der Waals surface area contributed by atoms with E-state index in [4.69, 9.17) is 0 Å². The molecule has 198 valence electrons. The fraction of sp³-hybridized carbons (Fsp3) is 0.233. The van der Waals surface area contributed by atoms with Gasteiger partial charge >= 0.3 is 0 Å². The van der Waals surface area contributed by atoms with Gasteiger partial charge in [-0.1, -0.05) is 36.4 Å². The van der Waals surface area contributed by atoms with E-state index in [2.05, 4.69) is 25.3 Å². The Hall–Kier alpha value is -3.92. The van der Waals surface area contributed by atoms with Crippen LogP contribution in [0, 0.1) is 0 Å². The summed E-state index contributed by atoms with van der Waals surface area (Å²) >= 11 is 0. The smallest absolute Gasteiger partial charge is 0.244 e. The number of sulfonamides is 1. The molecule has 0 saturated carbocycles. The molecule has 8 nitrogen and oxygen atoms in total. The number of fused-ring (bicyclic) bond motifs is 2. The molecule has 0 radical (unpaired) electrons. The first-order chi connectivity index (χ1) is 19.1. The Labute approximate surface area is 228 Å². The molecule has 1 aliphatic carbocycles. The molecular formula is C30H30N6O2S. The minimum atomic E-state index is -3.86. The molecule has 39 heavy (non-hydrogen) atoms. The quantitative estimate of drug-likeness (QED) is 0.276. The van der Waals surface area contributed by atoms with Crippen molar-refractivity contribution in [1.29, 1.82) is 0 Å². The van der Waals surface area contributed by atoms with Crippen molar-refractivity contribution in [2.24, 2.45) is 0 Å². The molecule has 0 bridgehead atoms. The van der Waals surface area contributed by atoms with Crippen LogP contribution in [0.25, 0.3) is 11.0 Å². The minimum absolute atomic E-state index is 0.130. The molecule has 1 atom stereocenters. The number of rotatable bonds is 9. The Kier molecular flexibility index (Phi) is 7.19. The third-order valence-electron chi connectivity index (χ3n) is 7.15. The number of aromatic nitrogens is 4. The van der Waals surface area contributed by atoms with E-state index in [-0.39, 0.29) is 17.5 Å². The molecule has 0 saturated heterocycles. The number of hydrogen-bond acceptors (Lipinski definition) is 6. The van der Waals surface area contributed by atoms with Crippen LogP contribution in [0.1, 0.15) is 47.2 Å². The maximum Gasteiger partial charge on any atom is 0.244 e. The molecule has 5 aromatic rings. The summed E-state index contributed by atoms with van der Waals surface area (Å²) in [5.74, 6) is 0.609. The molecule has 0 amide bonds. The number of hydrogen-bond donors (Lipinski definition) is 2. The highest BCUT2D eigenvalue weighted by atomic mass is 32.2. The number of pyridine rings is 2. The predicted molar refractivity (Wildman–Crippen MR) is 150 cm³/mol. The van der Waals surface area contributed by atoms with E-state index in [9.17, 15) is 8.42 Å². The Balaban J connectivity index is 1.28. The van der Waals surface area contributed by atoms with Crippen LogP contribution in [0.2, 0.25) is 0 Å². The second-order valence-electron chi connectivity index (χ2n) is 9.78. The van der Waals surface area contributed by atoms with Crippen LogP contribution in [0.15, 0.2) is 96.2 Å². The van der Waals surface area contributed by atoms with Crippen LogP contribution < -0.4 is 5.32 Å². The molecule has 3 aromatic heterocycles. The lowest BCUT2D eigenvalue weighted by molar-refractivity contribution is 0.277. The van der Waals surface area contributed by atoms with E-state index in [1.807, 2.05) is 66.7 Å². The number of nitrogens with one attached hydrogen (secondary N) is 2. The van der Waals surface area contributed by atoms with E-state index < -0.39 is 10.0 Å². The van der Waals surface area contributed by atoms with Crippen molar-refractivity contribution >= 4 is 21.1 Å². The number of imidazole rings is 1. The van der Waals surface area contributed by atoms with Gasteiger partial charge in [0, 0.05) is 25.5 Å². The summed E-state index contributed by atoms with van der Waals surface area (Å²) in [6, 6.07) is 24.3. The summed E-state index contributed by atoms with van der Waals surface area (Å²) in [4.78, 5) is 17.2. The van der Waals surface area contributed by atoms with Crippen LogP contribution >= 0.6 is 0 Å². The summed E-state index contributed by atoms with van der Waals surface area (Å²) in [5.41, 5.74) is 5.59. The fourth-order valence-electron chi connectivity index (χ4n) is 5.21. The predicted octanol–water partition coefficient (Wildman–Crippen LogP) is 4.91. The Morgan fingerprint density at radius 2 is 1.72 bits per heavy atom. The number of benzene rings is 2. The van der Waals surface area contributed by atoms with Crippen molar-refractivity contribution in [3.05, 3.63) is 120 Å². The summed E-state index contributed by atoms with van der Waals surface area (Å²) in [5, 5.41) is 3.36. The zero-order valence-electron chi connectivity index (χ0n) is 21.5. The van der Waals surface area contributed by atoms with Gasteiger partial charge in [0.25, 0.3) is 0 Å². The first kappa shape index (κ1) is 25.4. The molecule has 0 spiro atoms. The number of aromatic amines is 1. The van der Waals surface area contributed by atoms with Gasteiger partial charge in [0.05, 0.1) is 39.9 Å². The van der Waals surface area contributed by atoms with Gasteiger partial charge < -0.3 is 10.3 Å². The van der Waals surface area contributed by atoms with E-state index in [1.54, 1.807) is 28.8 Å². The van der Waals surface area contributed by atoms with Gasteiger partial charge in [0.15, 0.2) is 0 Å². The van der Waals surface area contributed by atoms with Crippen LogP contribution in [-0.2, 0) is 36.1 Å². The summed E-state index contributed by atoms with van der Waals surface area (Å²) in [6.45, 7) is 1.38. The van der Waals surface area contributed by atoms with Crippen LogP contribution in [0.3, 0.4) is 0 Å². The van der Waals surface area contributed by atoms with Crippen molar-refractivity contribution < 1.29 is 8.42 Å². The second-order valence-corrected chi connectivity index (χ2v) is 11.7. The van der Waals surface area contributed by atoms with Gasteiger partial charge in [-0.2, -0.15) is 4.31 Å². The van der Waals surface area contributed by atoms with Crippen LogP contribution in [-0.4, -0.2) is 32.7 Å². The Morgan fingerprint density at radius 3 is 2.54 bits per heavy atom. The summed E-state index contributed by atoms with van der Waals surface area (Å²) in [7, 11) is -3.86. The van der Waals surface area contributed by atoms with E-state index in [0.717, 1.165) is 46.4 Å². The van der Waals surface area contributed by atoms with Gasteiger partial charge in [0.1, 0.15) is 5.82 Å². The van der Waals surface area contributed by atoms with Gasteiger partial charge in [-0.3, -0.25) is 9.97 Å². The lowest BCUT2D eigenvalue weighted by Gasteiger charge is -2.33. The second kappa shape index (κ2) is 11.1. The molecule has 0 aliphatic heterocycles. The van der Waals surface area contributed by atoms with Crippen molar-refractivity contribution in [2.75, 3.05) is 0 Å². The lowest BCUT2D eigenvalue weighted by Crippen LogP contribution is -2.37. The summed E-state index contributed by atoms with van der Waals surface area (Å²) < 4.78 is 30.0. The first-order valence-electron chi connectivity index (χ1n) is 13.2. The largest absolute Gasteiger partial charge is 0.341 e. The first-order valence-corrected chi connectivity index (χ1v) is 14.6. The van der Waals surface area contributed by atoms with Crippen LogP contribution in [0.5, 0.6) is 0 Å². The van der Waals surface area contributed by atoms with Gasteiger partial charge in [-0.15, -0.1) is 0 Å². The van der Waals surface area contributed by atoms with E-state index >= 15 is 0 Å². The van der Waals surface area contributed by atoms with E-state index in [0.29, 0.717) is 25.3 Å². The van der Waals surface area contributed by atoms with Crippen molar-refractivity contribution in [2.45, 2.75) is 49.8 Å². The third-order valence-corrected chi connectivity index (χ3v) is 9.02. The maximum absolute atomic E-state index is 14.2. The molecule has 1 aliphatic rings. The van der Waals surface area contributed by atoms with Crippen molar-refractivity contribution in [1.82, 2.24) is 29.6 Å². The van der Waals surface area contributed by atoms with Gasteiger partial charge in [-0.05, 0) is 72.9 Å². The molecule has 0 fully saturated rings. The third kappa shape index (κ3) is 5.47. The number of nitrogens with zero attached hydrogens (tertiary/aromatic N) is 4. The molecule has 6 rings (SSSR count). The number of H-pyrrole nitrogens is 1. The summed E-state index contributed by atoms with van der Waals surface area (Å²) in [6.07, 6.45) is 6.03. The SMILES string of the molecule is O=S(=O)(c1ccc(CNCc2ccccn2)cc1)N(Cc1nc2ccccc2[nH]1)C1CCCc2cccnc21. The molecule has 2 N–H and O–H groups in total. The zero-order valence-corrected chi connectivity index (χ0v) is 22.3. The Morgan fingerprint density at radius 1 is 0.897 bits per heavy atom. The average molecular weight is 539 g/mol. The highest BCUT2D eigenvalue weighted by molar-refractivity contribution is 7.89. The topological polar surface area (TPSA) is 104 Å². The number of aryl methyl sites for hydroxylation is 1. The van der Waals surface area contributed by atoms with E-state index in [1.165, 1.54) is 0 Å². The van der Waals surface area contributed by atoms with Crippen molar-refractivity contribution in [3.63, 3.8) is 0 Å². The average Bonchev–Trinajstić information content (AvgIpc) is 3.39. The Bertz CT molecular complexity index is 1640. The lowest BCUT2D eigenvalue weighted by atomic mass is 9.92.